The molecule has 0 spiro atoms. The molecule has 0 aliphatic carbocycles. The molecule has 0 unspecified atom stereocenters. The van der Waals surface area contributed by atoms with Crippen molar-refractivity contribution in [1.82, 2.24) is 4.98 Å². The minimum Gasteiger partial charge on any atom is -0.279 e. The Morgan fingerprint density at radius 2 is 2.15 bits per heavy atom. The molecule has 0 saturated carbocycles. The van der Waals surface area contributed by atoms with Crippen LogP contribution in [-0.2, 0) is 11.2 Å². The van der Waals surface area contributed by atoms with Gasteiger partial charge in [0.25, 0.3) is 0 Å². The van der Waals surface area contributed by atoms with Crippen molar-refractivity contribution in [2.45, 2.75) is 19.5 Å². The number of nitrogens with zero attached hydrogens (tertiary/aromatic N) is 2. The number of anilines is 1. The summed E-state index contributed by atoms with van der Waals surface area (Å²) in [4.78, 5) is 17.5. The van der Waals surface area contributed by atoms with Crippen LogP contribution >= 0.6 is 22.7 Å². The van der Waals surface area contributed by atoms with E-state index in [1.807, 2.05) is 0 Å². The molecule has 108 valence electrons. The van der Waals surface area contributed by atoms with Crippen molar-refractivity contribution >= 4 is 33.7 Å². The van der Waals surface area contributed by atoms with Gasteiger partial charge in [0, 0.05) is 10.3 Å². The fourth-order valence-electron chi connectivity index (χ4n) is 1.56. The SMILES string of the molecule is Cc1csc(N(CC(F)(F)F)C(=O)Cc2cccs2)n1. The second-order valence-electron chi connectivity index (χ2n) is 4.12. The first-order valence-electron chi connectivity index (χ1n) is 5.67. The standard InChI is InChI=1S/C12H11F3N2OS2/c1-8-6-20-11(16-8)17(7-12(13,14)15)10(18)5-9-3-2-4-19-9/h2-4,6H,5,7H2,1H3. The summed E-state index contributed by atoms with van der Waals surface area (Å²) in [5.41, 5.74) is 0.598. The van der Waals surface area contributed by atoms with Crippen molar-refractivity contribution in [3.05, 3.63) is 33.5 Å². The van der Waals surface area contributed by atoms with E-state index in [1.54, 1.807) is 29.8 Å². The van der Waals surface area contributed by atoms with Gasteiger partial charge in [-0.15, -0.1) is 22.7 Å². The number of thiazole rings is 1. The van der Waals surface area contributed by atoms with Crippen LogP contribution in [0.5, 0.6) is 0 Å². The number of halogens is 3. The van der Waals surface area contributed by atoms with Crippen LogP contribution in [-0.4, -0.2) is 23.6 Å². The lowest BCUT2D eigenvalue weighted by Crippen LogP contribution is -2.39. The van der Waals surface area contributed by atoms with E-state index in [2.05, 4.69) is 4.98 Å². The van der Waals surface area contributed by atoms with Gasteiger partial charge in [-0.05, 0) is 18.4 Å². The third-order valence-corrected chi connectivity index (χ3v) is 4.24. The van der Waals surface area contributed by atoms with E-state index in [-0.39, 0.29) is 11.6 Å². The first-order chi connectivity index (χ1) is 9.35. The monoisotopic (exact) mass is 320 g/mol. The minimum absolute atomic E-state index is 0.0492. The smallest absolute Gasteiger partial charge is 0.279 e. The molecule has 0 aliphatic rings. The van der Waals surface area contributed by atoms with Gasteiger partial charge in [0.1, 0.15) is 6.54 Å². The fraction of sp³-hybridized carbons (Fsp3) is 0.333. The molecule has 0 bridgehead atoms. The quantitative estimate of drug-likeness (QED) is 0.861. The highest BCUT2D eigenvalue weighted by Crippen LogP contribution is 2.26. The number of hydrogen-bond acceptors (Lipinski definition) is 4. The average molecular weight is 320 g/mol. The molecule has 20 heavy (non-hydrogen) atoms. The number of hydrogen-bond donors (Lipinski definition) is 0. The number of aryl methyl sites for hydroxylation is 1. The van der Waals surface area contributed by atoms with E-state index >= 15 is 0 Å². The highest BCUT2D eigenvalue weighted by molar-refractivity contribution is 7.14. The Hall–Kier alpha value is -1.41. The number of thiophene rings is 1. The Balaban J connectivity index is 2.19. The lowest BCUT2D eigenvalue weighted by molar-refractivity contribution is -0.132. The highest BCUT2D eigenvalue weighted by Gasteiger charge is 2.35. The van der Waals surface area contributed by atoms with Crippen LogP contribution in [0.2, 0.25) is 0 Å². The second-order valence-corrected chi connectivity index (χ2v) is 5.99. The molecule has 0 saturated heterocycles. The second kappa shape index (κ2) is 5.92. The summed E-state index contributed by atoms with van der Waals surface area (Å²) in [5.74, 6) is -0.598. The van der Waals surface area contributed by atoms with Crippen LogP contribution in [0.15, 0.2) is 22.9 Å². The zero-order valence-electron chi connectivity index (χ0n) is 10.5. The molecule has 0 atom stereocenters. The summed E-state index contributed by atoms with van der Waals surface area (Å²) in [6.45, 7) is 0.361. The van der Waals surface area contributed by atoms with Gasteiger partial charge in [-0.1, -0.05) is 6.07 Å². The Labute approximate surface area is 121 Å². The fourth-order valence-corrected chi connectivity index (χ4v) is 3.08. The first-order valence-corrected chi connectivity index (χ1v) is 7.43. The lowest BCUT2D eigenvalue weighted by Gasteiger charge is -2.21. The van der Waals surface area contributed by atoms with E-state index < -0.39 is 18.6 Å². The van der Waals surface area contributed by atoms with Crippen LogP contribution in [0.3, 0.4) is 0 Å². The molecular formula is C12H11F3N2OS2. The Morgan fingerprint density at radius 1 is 1.40 bits per heavy atom. The van der Waals surface area contributed by atoms with Gasteiger partial charge in [0.2, 0.25) is 5.91 Å². The molecule has 2 heterocycles. The van der Waals surface area contributed by atoms with E-state index in [4.69, 9.17) is 0 Å². The molecule has 1 amide bonds. The van der Waals surface area contributed by atoms with Crippen molar-refractivity contribution in [2.24, 2.45) is 0 Å². The van der Waals surface area contributed by atoms with Gasteiger partial charge < -0.3 is 0 Å². The van der Waals surface area contributed by atoms with Crippen molar-refractivity contribution in [2.75, 3.05) is 11.4 Å². The minimum atomic E-state index is -4.45. The maximum atomic E-state index is 12.6. The van der Waals surface area contributed by atoms with Crippen LogP contribution in [0.1, 0.15) is 10.6 Å². The summed E-state index contributed by atoms with van der Waals surface area (Å²) in [6.07, 6.45) is -4.50. The third kappa shape index (κ3) is 4.04. The number of rotatable bonds is 4. The molecule has 0 aromatic carbocycles. The van der Waals surface area contributed by atoms with E-state index in [9.17, 15) is 18.0 Å². The van der Waals surface area contributed by atoms with E-state index in [0.717, 1.165) is 16.2 Å². The summed E-state index contributed by atoms with van der Waals surface area (Å²) in [7, 11) is 0. The average Bonchev–Trinajstić information content (AvgIpc) is 2.96. The van der Waals surface area contributed by atoms with Crippen LogP contribution in [0.4, 0.5) is 18.3 Å². The predicted octanol–water partition coefficient (Wildman–Crippen LogP) is 3.65. The van der Waals surface area contributed by atoms with E-state index in [0.29, 0.717) is 10.6 Å². The summed E-state index contributed by atoms with van der Waals surface area (Å²) >= 11 is 2.38. The van der Waals surface area contributed by atoms with Crippen LogP contribution in [0, 0.1) is 6.92 Å². The molecule has 0 N–H and O–H groups in total. The Morgan fingerprint density at radius 3 is 2.65 bits per heavy atom. The molecule has 0 radical (unpaired) electrons. The van der Waals surface area contributed by atoms with Crippen molar-refractivity contribution in [3.8, 4) is 0 Å². The highest BCUT2D eigenvalue weighted by atomic mass is 32.1. The molecular weight excluding hydrogens is 309 g/mol. The lowest BCUT2D eigenvalue weighted by atomic mass is 10.3. The van der Waals surface area contributed by atoms with Gasteiger partial charge in [0.15, 0.2) is 5.13 Å². The molecule has 0 aliphatic heterocycles. The first kappa shape index (κ1) is 15.0. The topological polar surface area (TPSA) is 33.2 Å². The van der Waals surface area contributed by atoms with Crippen molar-refractivity contribution < 1.29 is 18.0 Å². The van der Waals surface area contributed by atoms with Gasteiger partial charge in [-0.25, -0.2) is 4.98 Å². The van der Waals surface area contributed by atoms with E-state index in [1.165, 1.54) is 11.3 Å². The molecule has 8 heteroatoms. The Bertz CT molecular complexity index is 578. The summed E-state index contributed by atoms with van der Waals surface area (Å²) in [5, 5.41) is 3.49. The number of amides is 1. The molecule has 2 rings (SSSR count). The predicted molar refractivity (Wildman–Crippen MR) is 73.3 cm³/mol. The third-order valence-electron chi connectivity index (χ3n) is 2.38. The van der Waals surface area contributed by atoms with Crippen molar-refractivity contribution in [1.29, 1.82) is 0 Å². The van der Waals surface area contributed by atoms with Crippen LogP contribution in [0.25, 0.3) is 0 Å². The van der Waals surface area contributed by atoms with Gasteiger partial charge >= 0.3 is 6.18 Å². The van der Waals surface area contributed by atoms with Crippen molar-refractivity contribution in [3.63, 3.8) is 0 Å². The molecule has 2 aromatic heterocycles. The zero-order valence-corrected chi connectivity index (χ0v) is 12.1. The normalized spacial score (nSPS) is 11.6. The molecule has 2 aromatic rings. The Kier molecular flexibility index (Phi) is 4.44. The number of carbonyl (C=O) groups excluding carboxylic acids is 1. The zero-order chi connectivity index (χ0) is 14.8. The van der Waals surface area contributed by atoms with Crippen LogP contribution < -0.4 is 4.90 Å². The van der Waals surface area contributed by atoms with Gasteiger partial charge in [0.05, 0.1) is 12.1 Å². The van der Waals surface area contributed by atoms with Gasteiger partial charge in [-0.3, -0.25) is 9.69 Å². The largest absolute Gasteiger partial charge is 0.406 e. The number of carbonyl (C=O) groups is 1. The molecule has 0 fully saturated rings. The number of aromatic nitrogens is 1. The van der Waals surface area contributed by atoms with Gasteiger partial charge in [-0.2, -0.15) is 13.2 Å². The summed E-state index contributed by atoms with van der Waals surface area (Å²) < 4.78 is 37.9. The maximum Gasteiger partial charge on any atom is 0.406 e. The maximum absolute atomic E-state index is 12.6. The number of alkyl halides is 3. The molecule has 3 nitrogen and oxygen atoms in total. The summed E-state index contributed by atoms with van der Waals surface area (Å²) in [6, 6.07) is 3.48.